The number of esters is 1. The van der Waals surface area contributed by atoms with Gasteiger partial charge in [-0.2, -0.15) is 0 Å². The van der Waals surface area contributed by atoms with Crippen LogP contribution in [0.1, 0.15) is 17.7 Å². The first-order chi connectivity index (χ1) is 11.6. The van der Waals surface area contributed by atoms with Crippen molar-refractivity contribution in [2.75, 3.05) is 0 Å². The maximum Gasteiger partial charge on any atom is 0.306 e. The Morgan fingerprint density at radius 2 is 1.83 bits per heavy atom. The first-order valence-corrected chi connectivity index (χ1v) is 7.49. The minimum atomic E-state index is -0.363. The summed E-state index contributed by atoms with van der Waals surface area (Å²) in [5.41, 5.74) is 2.88. The molecule has 0 aliphatic heterocycles. The van der Waals surface area contributed by atoms with Crippen molar-refractivity contribution in [1.29, 1.82) is 0 Å². The maximum absolute atomic E-state index is 11.8. The summed E-state index contributed by atoms with van der Waals surface area (Å²) in [5, 5.41) is 18.7. The van der Waals surface area contributed by atoms with Gasteiger partial charge in [0.1, 0.15) is 6.61 Å². The standard InChI is InChI=1S/C18H16N2O4/c21-16-7-5-12(9-17(16)22)6-8-18(23)24-11-13-10-19-14-3-1-2-4-15(14)20-13/h1-5,7,9-10,21-22H,6,8,11H2. The largest absolute Gasteiger partial charge is 0.504 e. The SMILES string of the molecule is O=C(CCc1ccc(O)c(O)c1)OCc1cnc2ccccc2n1. The van der Waals surface area contributed by atoms with Crippen molar-refractivity contribution in [3.63, 3.8) is 0 Å². The lowest BCUT2D eigenvalue weighted by atomic mass is 10.1. The molecule has 0 fully saturated rings. The molecular formula is C18H16N2O4. The molecule has 6 nitrogen and oxygen atoms in total. The number of carbonyl (C=O) groups is 1. The molecule has 2 aromatic carbocycles. The monoisotopic (exact) mass is 324 g/mol. The average molecular weight is 324 g/mol. The number of aryl methyl sites for hydroxylation is 1. The van der Waals surface area contributed by atoms with Crippen molar-refractivity contribution >= 4 is 17.0 Å². The second-order valence-electron chi connectivity index (χ2n) is 5.33. The Balaban J connectivity index is 1.53. The van der Waals surface area contributed by atoms with Crippen LogP contribution in [0.3, 0.4) is 0 Å². The number of para-hydroxylation sites is 2. The Kier molecular flexibility index (Phi) is 4.56. The zero-order valence-corrected chi connectivity index (χ0v) is 12.8. The van der Waals surface area contributed by atoms with E-state index in [0.29, 0.717) is 12.1 Å². The molecule has 0 aliphatic rings. The van der Waals surface area contributed by atoms with Crippen molar-refractivity contribution in [3.05, 3.63) is 59.9 Å². The summed E-state index contributed by atoms with van der Waals surface area (Å²) >= 11 is 0. The highest BCUT2D eigenvalue weighted by atomic mass is 16.5. The van der Waals surface area contributed by atoms with E-state index in [9.17, 15) is 15.0 Å². The first-order valence-electron chi connectivity index (χ1n) is 7.49. The minimum Gasteiger partial charge on any atom is -0.504 e. The van der Waals surface area contributed by atoms with Crippen LogP contribution in [0.4, 0.5) is 0 Å². The number of aromatic hydroxyl groups is 2. The van der Waals surface area contributed by atoms with Crippen molar-refractivity contribution in [3.8, 4) is 11.5 Å². The summed E-state index contributed by atoms with van der Waals surface area (Å²) in [5.74, 6) is -0.749. The van der Waals surface area contributed by atoms with Gasteiger partial charge in [0, 0.05) is 6.42 Å². The zero-order valence-electron chi connectivity index (χ0n) is 12.8. The van der Waals surface area contributed by atoms with Gasteiger partial charge in [-0.05, 0) is 36.2 Å². The number of hydrogen-bond acceptors (Lipinski definition) is 6. The molecule has 0 unspecified atom stereocenters. The molecule has 1 aromatic heterocycles. The Labute approximate surface area is 138 Å². The zero-order chi connectivity index (χ0) is 16.9. The van der Waals surface area contributed by atoms with Crippen LogP contribution >= 0.6 is 0 Å². The molecule has 0 aliphatic carbocycles. The maximum atomic E-state index is 11.8. The van der Waals surface area contributed by atoms with Crippen LogP contribution in [-0.2, 0) is 22.6 Å². The highest BCUT2D eigenvalue weighted by Gasteiger charge is 2.07. The summed E-state index contributed by atoms with van der Waals surface area (Å²) < 4.78 is 5.20. The molecule has 122 valence electrons. The molecular weight excluding hydrogens is 308 g/mol. The molecule has 3 aromatic rings. The third kappa shape index (κ3) is 3.78. The Bertz CT molecular complexity index is 880. The molecule has 24 heavy (non-hydrogen) atoms. The molecule has 0 saturated heterocycles. The lowest BCUT2D eigenvalue weighted by Crippen LogP contribution is -2.07. The fraction of sp³-hybridized carbons (Fsp3) is 0.167. The third-order valence-electron chi connectivity index (χ3n) is 3.54. The molecule has 0 radical (unpaired) electrons. The Morgan fingerprint density at radius 1 is 1.04 bits per heavy atom. The Hall–Kier alpha value is -3.15. The van der Waals surface area contributed by atoms with Crippen LogP contribution in [0.2, 0.25) is 0 Å². The van der Waals surface area contributed by atoms with Gasteiger partial charge in [-0.3, -0.25) is 9.78 Å². The quantitative estimate of drug-likeness (QED) is 0.554. The van der Waals surface area contributed by atoms with E-state index in [-0.39, 0.29) is 30.5 Å². The van der Waals surface area contributed by atoms with E-state index in [1.54, 1.807) is 12.3 Å². The second-order valence-corrected chi connectivity index (χ2v) is 5.33. The third-order valence-corrected chi connectivity index (χ3v) is 3.54. The summed E-state index contributed by atoms with van der Waals surface area (Å²) in [6, 6.07) is 11.9. The number of aromatic nitrogens is 2. The van der Waals surface area contributed by atoms with E-state index in [1.807, 2.05) is 24.3 Å². The topological polar surface area (TPSA) is 92.5 Å². The Morgan fingerprint density at radius 3 is 2.62 bits per heavy atom. The van der Waals surface area contributed by atoms with Crippen molar-refractivity contribution in [2.45, 2.75) is 19.4 Å². The van der Waals surface area contributed by atoms with Crippen LogP contribution in [0.15, 0.2) is 48.7 Å². The van der Waals surface area contributed by atoms with E-state index in [1.165, 1.54) is 12.1 Å². The number of rotatable bonds is 5. The number of phenols is 2. The predicted octanol–water partition coefficient (Wildman–Crippen LogP) is 2.72. The van der Waals surface area contributed by atoms with Crippen molar-refractivity contribution in [1.82, 2.24) is 9.97 Å². The van der Waals surface area contributed by atoms with Gasteiger partial charge in [0.2, 0.25) is 0 Å². The molecule has 0 bridgehead atoms. The van der Waals surface area contributed by atoms with Crippen LogP contribution in [0, 0.1) is 0 Å². The van der Waals surface area contributed by atoms with Crippen LogP contribution in [-0.4, -0.2) is 26.2 Å². The van der Waals surface area contributed by atoms with E-state index >= 15 is 0 Å². The van der Waals surface area contributed by atoms with Gasteiger partial charge >= 0.3 is 5.97 Å². The van der Waals surface area contributed by atoms with Crippen LogP contribution in [0.25, 0.3) is 11.0 Å². The van der Waals surface area contributed by atoms with Crippen LogP contribution in [0.5, 0.6) is 11.5 Å². The van der Waals surface area contributed by atoms with E-state index in [0.717, 1.165) is 16.6 Å². The number of fused-ring (bicyclic) bond motifs is 1. The number of phenolic OH excluding ortho intramolecular Hbond substituents is 2. The van der Waals surface area contributed by atoms with E-state index in [4.69, 9.17) is 4.74 Å². The van der Waals surface area contributed by atoms with Gasteiger partial charge in [0.25, 0.3) is 0 Å². The fourth-order valence-electron chi connectivity index (χ4n) is 2.26. The molecule has 6 heteroatoms. The van der Waals surface area contributed by atoms with E-state index < -0.39 is 0 Å². The number of carbonyl (C=O) groups excluding carboxylic acids is 1. The molecule has 0 amide bonds. The number of hydrogen-bond donors (Lipinski definition) is 2. The van der Waals surface area contributed by atoms with Gasteiger partial charge in [0.15, 0.2) is 11.5 Å². The molecule has 0 spiro atoms. The summed E-state index contributed by atoms with van der Waals surface area (Å²) in [7, 11) is 0. The normalized spacial score (nSPS) is 10.7. The highest BCUT2D eigenvalue weighted by Crippen LogP contribution is 2.25. The fourth-order valence-corrected chi connectivity index (χ4v) is 2.26. The molecule has 0 atom stereocenters. The minimum absolute atomic E-state index is 0.0670. The summed E-state index contributed by atoms with van der Waals surface area (Å²) in [6.45, 7) is 0.0670. The number of ether oxygens (including phenoxy) is 1. The first kappa shape index (κ1) is 15.7. The lowest BCUT2D eigenvalue weighted by Gasteiger charge is -2.06. The smallest absolute Gasteiger partial charge is 0.306 e. The molecule has 3 rings (SSSR count). The van der Waals surface area contributed by atoms with Crippen LogP contribution < -0.4 is 0 Å². The second kappa shape index (κ2) is 6.95. The van der Waals surface area contributed by atoms with Gasteiger partial charge in [0.05, 0.1) is 22.9 Å². The van der Waals surface area contributed by atoms with Gasteiger partial charge in [-0.25, -0.2) is 4.98 Å². The summed E-state index contributed by atoms with van der Waals surface area (Å²) in [4.78, 5) is 20.5. The lowest BCUT2D eigenvalue weighted by molar-refractivity contribution is -0.145. The molecule has 0 saturated carbocycles. The number of benzene rings is 2. The average Bonchev–Trinajstić information content (AvgIpc) is 2.60. The highest BCUT2D eigenvalue weighted by molar-refractivity contribution is 5.73. The van der Waals surface area contributed by atoms with Crippen molar-refractivity contribution in [2.24, 2.45) is 0 Å². The molecule has 1 heterocycles. The summed E-state index contributed by atoms with van der Waals surface area (Å²) in [6.07, 6.45) is 2.18. The van der Waals surface area contributed by atoms with Gasteiger partial charge < -0.3 is 14.9 Å². The van der Waals surface area contributed by atoms with Crippen molar-refractivity contribution < 1.29 is 19.7 Å². The predicted molar refractivity (Wildman–Crippen MR) is 87.4 cm³/mol. The number of nitrogens with zero attached hydrogens (tertiary/aromatic N) is 2. The van der Waals surface area contributed by atoms with E-state index in [2.05, 4.69) is 9.97 Å². The van der Waals surface area contributed by atoms with Gasteiger partial charge in [-0.15, -0.1) is 0 Å². The molecule has 2 N–H and O–H groups in total. The van der Waals surface area contributed by atoms with Gasteiger partial charge in [-0.1, -0.05) is 18.2 Å².